The van der Waals surface area contributed by atoms with Gasteiger partial charge in [-0.2, -0.15) is 0 Å². The Morgan fingerprint density at radius 2 is 1.59 bits per heavy atom. The first kappa shape index (κ1) is 13.3. The maximum absolute atomic E-state index is 10.5. The highest BCUT2D eigenvalue weighted by Gasteiger charge is 2.29. The van der Waals surface area contributed by atoms with Crippen LogP contribution in [0.25, 0.3) is 0 Å². The lowest BCUT2D eigenvalue weighted by atomic mass is 9.90. The van der Waals surface area contributed by atoms with Crippen molar-refractivity contribution in [3.8, 4) is 0 Å². The fourth-order valence-electron chi connectivity index (χ4n) is 3.22. The van der Waals surface area contributed by atoms with Gasteiger partial charge in [0.2, 0.25) is 0 Å². The molecule has 3 nitrogen and oxygen atoms in total. The van der Waals surface area contributed by atoms with Crippen molar-refractivity contribution >= 4 is 0 Å². The lowest BCUT2D eigenvalue weighted by Crippen LogP contribution is -2.46. The quantitative estimate of drug-likeness (QED) is 0.661. The van der Waals surface area contributed by atoms with Gasteiger partial charge in [-0.15, -0.1) is 0 Å². The Kier molecular flexibility index (Phi) is 4.83. The molecule has 0 aliphatic heterocycles. The van der Waals surface area contributed by atoms with Crippen LogP contribution < -0.4 is 11.1 Å². The summed E-state index contributed by atoms with van der Waals surface area (Å²) in [7, 11) is 0. The van der Waals surface area contributed by atoms with Crippen molar-refractivity contribution < 1.29 is 5.11 Å². The van der Waals surface area contributed by atoms with Crippen LogP contribution in [0.5, 0.6) is 0 Å². The second-order valence-electron chi connectivity index (χ2n) is 6.13. The van der Waals surface area contributed by atoms with E-state index in [1.54, 1.807) is 0 Å². The summed E-state index contributed by atoms with van der Waals surface area (Å²) in [6.45, 7) is 0.785. The van der Waals surface area contributed by atoms with Crippen molar-refractivity contribution in [2.45, 2.75) is 81.9 Å². The molecule has 2 aliphatic rings. The predicted molar refractivity (Wildman–Crippen MR) is 70.9 cm³/mol. The SMILES string of the molecule is NC1CCC(NCC2(O)CCCCCC2)CC1. The van der Waals surface area contributed by atoms with Crippen molar-refractivity contribution in [1.29, 1.82) is 0 Å². The summed E-state index contributed by atoms with van der Waals surface area (Å²) < 4.78 is 0. The van der Waals surface area contributed by atoms with E-state index in [0.717, 1.165) is 32.2 Å². The molecule has 0 amide bonds. The highest BCUT2D eigenvalue weighted by atomic mass is 16.3. The van der Waals surface area contributed by atoms with Gasteiger partial charge in [0, 0.05) is 18.6 Å². The Hall–Kier alpha value is -0.120. The second-order valence-corrected chi connectivity index (χ2v) is 6.13. The third-order valence-electron chi connectivity index (χ3n) is 4.53. The summed E-state index contributed by atoms with van der Waals surface area (Å²) in [5.74, 6) is 0. The van der Waals surface area contributed by atoms with E-state index < -0.39 is 5.60 Å². The molecular formula is C14H28N2O. The summed E-state index contributed by atoms with van der Waals surface area (Å²) >= 11 is 0. The summed E-state index contributed by atoms with van der Waals surface area (Å²) in [4.78, 5) is 0. The maximum atomic E-state index is 10.5. The molecule has 0 atom stereocenters. The van der Waals surface area contributed by atoms with Gasteiger partial charge in [-0.1, -0.05) is 25.7 Å². The lowest BCUT2D eigenvalue weighted by molar-refractivity contribution is 0.0214. The molecule has 2 aliphatic carbocycles. The average Bonchev–Trinajstić information content (AvgIpc) is 2.54. The Balaban J connectivity index is 1.72. The van der Waals surface area contributed by atoms with Crippen LogP contribution in [0.1, 0.15) is 64.2 Å². The van der Waals surface area contributed by atoms with Gasteiger partial charge < -0.3 is 16.2 Å². The number of aliphatic hydroxyl groups is 1. The van der Waals surface area contributed by atoms with Gasteiger partial charge in [0.05, 0.1) is 5.60 Å². The largest absolute Gasteiger partial charge is 0.389 e. The monoisotopic (exact) mass is 240 g/mol. The zero-order valence-corrected chi connectivity index (χ0v) is 11.0. The van der Waals surface area contributed by atoms with Gasteiger partial charge >= 0.3 is 0 Å². The standard InChI is InChI=1S/C14H28N2O/c15-12-5-7-13(8-6-12)16-11-14(17)9-3-1-2-4-10-14/h12-13,16-17H,1-11,15H2. The predicted octanol–water partition coefficient (Wildman–Crippen LogP) is 1.93. The van der Waals surface area contributed by atoms with E-state index in [2.05, 4.69) is 5.32 Å². The summed E-state index contributed by atoms with van der Waals surface area (Å²) in [5.41, 5.74) is 5.47. The number of nitrogens with one attached hydrogen (secondary N) is 1. The minimum atomic E-state index is -0.434. The highest BCUT2D eigenvalue weighted by Crippen LogP contribution is 2.27. The lowest BCUT2D eigenvalue weighted by Gasteiger charge is -2.32. The van der Waals surface area contributed by atoms with Gasteiger partial charge in [-0.05, 0) is 38.5 Å². The van der Waals surface area contributed by atoms with Gasteiger partial charge in [0.25, 0.3) is 0 Å². The summed E-state index contributed by atoms with van der Waals surface area (Å²) in [6, 6.07) is 0.996. The number of rotatable bonds is 3. The molecule has 2 saturated carbocycles. The van der Waals surface area contributed by atoms with Gasteiger partial charge in [-0.3, -0.25) is 0 Å². The molecule has 0 aromatic rings. The minimum Gasteiger partial charge on any atom is -0.389 e. The Morgan fingerprint density at radius 1 is 1.00 bits per heavy atom. The third kappa shape index (κ3) is 4.23. The van der Waals surface area contributed by atoms with Crippen LogP contribution >= 0.6 is 0 Å². The van der Waals surface area contributed by atoms with E-state index in [1.807, 2.05) is 0 Å². The molecule has 0 spiro atoms. The first-order valence-corrected chi connectivity index (χ1v) is 7.39. The maximum Gasteiger partial charge on any atom is 0.0771 e. The topological polar surface area (TPSA) is 58.3 Å². The van der Waals surface area contributed by atoms with Gasteiger partial charge in [0.1, 0.15) is 0 Å². The van der Waals surface area contributed by atoms with Crippen LogP contribution in [0.2, 0.25) is 0 Å². The molecule has 100 valence electrons. The smallest absolute Gasteiger partial charge is 0.0771 e. The van der Waals surface area contributed by atoms with Crippen molar-refractivity contribution in [3.05, 3.63) is 0 Å². The molecule has 4 N–H and O–H groups in total. The van der Waals surface area contributed by atoms with Crippen molar-refractivity contribution in [2.75, 3.05) is 6.54 Å². The highest BCUT2D eigenvalue weighted by molar-refractivity contribution is 4.86. The van der Waals surface area contributed by atoms with Crippen molar-refractivity contribution in [2.24, 2.45) is 5.73 Å². The van der Waals surface area contributed by atoms with Crippen molar-refractivity contribution in [3.63, 3.8) is 0 Å². The molecule has 0 unspecified atom stereocenters. The van der Waals surface area contributed by atoms with E-state index in [1.165, 1.54) is 38.5 Å². The summed E-state index contributed by atoms with van der Waals surface area (Å²) in [5, 5.41) is 14.1. The third-order valence-corrected chi connectivity index (χ3v) is 4.53. The molecule has 2 fully saturated rings. The molecule has 0 aromatic carbocycles. The minimum absolute atomic E-state index is 0.411. The molecule has 0 bridgehead atoms. The van der Waals surface area contributed by atoms with Crippen LogP contribution in [0.15, 0.2) is 0 Å². The zero-order valence-electron chi connectivity index (χ0n) is 11.0. The van der Waals surface area contributed by atoms with Crippen LogP contribution in [-0.2, 0) is 0 Å². The average molecular weight is 240 g/mol. The van der Waals surface area contributed by atoms with Crippen LogP contribution in [-0.4, -0.2) is 29.3 Å². The van der Waals surface area contributed by atoms with Gasteiger partial charge in [-0.25, -0.2) is 0 Å². The van der Waals surface area contributed by atoms with E-state index in [0.29, 0.717) is 12.1 Å². The molecule has 2 rings (SSSR count). The zero-order chi connectivity index (χ0) is 12.1. The first-order chi connectivity index (χ1) is 8.18. The van der Waals surface area contributed by atoms with Gasteiger partial charge in [0.15, 0.2) is 0 Å². The molecule has 0 radical (unpaired) electrons. The number of nitrogens with two attached hydrogens (primary N) is 1. The number of hydrogen-bond donors (Lipinski definition) is 3. The van der Waals surface area contributed by atoms with Crippen LogP contribution in [0.4, 0.5) is 0 Å². The number of hydrogen-bond acceptors (Lipinski definition) is 3. The molecule has 0 aromatic heterocycles. The van der Waals surface area contributed by atoms with E-state index >= 15 is 0 Å². The summed E-state index contributed by atoms with van der Waals surface area (Å²) in [6.07, 6.45) is 11.5. The molecular weight excluding hydrogens is 212 g/mol. The molecule has 17 heavy (non-hydrogen) atoms. The van der Waals surface area contributed by atoms with Crippen LogP contribution in [0, 0.1) is 0 Å². The second kappa shape index (κ2) is 6.17. The normalized spacial score (nSPS) is 34.2. The van der Waals surface area contributed by atoms with Crippen molar-refractivity contribution in [1.82, 2.24) is 5.32 Å². The van der Waals surface area contributed by atoms with E-state index in [4.69, 9.17) is 5.73 Å². The molecule has 0 saturated heterocycles. The first-order valence-electron chi connectivity index (χ1n) is 7.39. The fourth-order valence-corrected chi connectivity index (χ4v) is 3.22. The Morgan fingerprint density at radius 3 is 2.18 bits per heavy atom. The molecule has 0 heterocycles. The van der Waals surface area contributed by atoms with Crippen LogP contribution in [0.3, 0.4) is 0 Å². The Labute approximate surface area is 105 Å². The van der Waals surface area contributed by atoms with E-state index in [-0.39, 0.29) is 0 Å². The van der Waals surface area contributed by atoms with E-state index in [9.17, 15) is 5.11 Å². The fraction of sp³-hybridized carbons (Fsp3) is 1.00. The molecule has 3 heteroatoms. The Bertz CT molecular complexity index is 216.